The lowest BCUT2D eigenvalue weighted by atomic mass is 10.2. The zero-order valence-corrected chi connectivity index (χ0v) is 16.7. The molecule has 2 N–H and O–H groups in total. The third-order valence-corrected chi connectivity index (χ3v) is 5.58. The molecule has 7 nitrogen and oxygen atoms in total. The number of hydrogen-bond acceptors (Lipinski definition) is 4. The normalized spacial score (nSPS) is 14.1. The molecule has 8 heteroatoms. The van der Waals surface area contributed by atoms with E-state index in [2.05, 4.69) is 29.5 Å². The van der Waals surface area contributed by atoms with Crippen molar-refractivity contribution in [3.05, 3.63) is 40.3 Å². The molecule has 0 saturated carbocycles. The van der Waals surface area contributed by atoms with Crippen LogP contribution in [0.25, 0.3) is 0 Å². The van der Waals surface area contributed by atoms with Crippen molar-refractivity contribution in [2.45, 2.75) is 26.2 Å². The van der Waals surface area contributed by atoms with Gasteiger partial charge in [0.2, 0.25) is 0 Å². The Morgan fingerprint density at radius 1 is 1.26 bits per heavy atom. The lowest BCUT2D eigenvalue weighted by Gasteiger charge is -2.16. The van der Waals surface area contributed by atoms with E-state index < -0.39 is 0 Å². The molecular weight excluding hydrogens is 362 g/mol. The molecule has 0 atom stereocenters. The summed E-state index contributed by atoms with van der Waals surface area (Å²) < 4.78 is 0. The van der Waals surface area contributed by atoms with Crippen LogP contribution in [0.2, 0.25) is 0 Å². The highest BCUT2D eigenvalue weighted by Crippen LogP contribution is 2.22. The van der Waals surface area contributed by atoms with Gasteiger partial charge >= 0.3 is 12.1 Å². The topological polar surface area (TPSA) is 77.6 Å². The molecule has 0 unspecified atom stereocenters. The number of amides is 4. The van der Waals surface area contributed by atoms with Crippen molar-refractivity contribution >= 4 is 34.8 Å². The molecule has 1 aromatic heterocycles. The SMILES string of the molecule is CC(C)c1nc(CCNC(=O)Nc2ccc(N3CCN(C)C3=O)cc2)cs1. The number of nitrogens with zero attached hydrogens (tertiary/aromatic N) is 3. The van der Waals surface area contributed by atoms with Crippen LogP contribution in [0, 0.1) is 0 Å². The number of carbonyl (C=O) groups excluding carboxylic acids is 2. The molecule has 2 heterocycles. The lowest BCUT2D eigenvalue weighted by Crippen LogP contribution is -2.30. The first-order valence-electron chi connectivity index (χ1n) is 9.06. The summed E-state index contributed by atoms with van der Waals surface area (Å²) in [5, 5.41) is 8.82. The maximum atomic E-state index is 12.0. The first kappa shape index (κ1) is 19.2. The first-order chi connectivity index (χ1) is 12.9. The van der Waals surface area contributed by atoms with E-state index in [1.54, 1.807) is 40.3 Å². The van der Waals surface area contributed by atoms with Gasteiger partial charge in [0.25, 0.3) is 0 Å². The van der Waals surface area contributed by atoms with E-state index in [0.29, 0.717) is 31.1 Å². The number of rotatable bonds is 6. The second-order valence-electron chi connectivity index (χ2n) is 6.87. The van der Waals surface area contributed by atoms with Crippen LogP contribution in [0.15, 0.2) is 29.6 Å². The number of aromatic nitrogens is 1. The van der Waals surface area contributed by atoms with Crippen LogP contribution < -0.4 is 15.5 Å². The second kappa shape index (κ2) is 8.39. The summed E-state index contributed by atoms with van der Waals surface area (Å²) in [6.07, 6.45) is 0.708. The van der Waals surface area contributed by atoms with Gasteiger partial charge in [-0.05, 0) is 24.3 Å². The van der Waals surface area contributed by atoms with Crippen molar-refractivity contribution in [1.29, 1.82) is 0 Å². The van der Waals surface area contributed by atoms with Crippen LogP contribution in [0.5, 0.6) is 0 Å². The largest absolute Gasteiger partial charge is 0.337 e. The highest BCUT2D eigenvalue weighted by molar-refractivity contribution is 7.09. The Balaban J connectivity index is 1.45. The summed E-state index contributed by atoms with van der Waals surface area (Å²) in [5.41, 5.74) is 2.53. The van der Waals surface area contributed by atoms with Crippen LogP contribution in [0.4, 0.5) is 21.0 Å². The number of hydrogen-bond donors (Lipinski definition) is 2. The quantitative estimate of drug-likeness (QED) is 0.796. The molecule has 1 aromatic carbocycles. The van der Waals surface area contributed by atoms with Gasteiger partial charge in [0.15, 0.2) is 0 Å². The van der Waals surface area contributed by atoms with Crippen molar-refractivity contribution in [2.75, 3.05) is 36.9 Å². The predicted molar refractivity (Wildman–Crippen MR) is 109 cm³/mol. The summed E-state index contributed by atoms with van der Waals surface area (Å²) in [6.45, 7) is 6.17. The minimum atomic E-state index is -0.251. The zero-order chi connectivity index (χ0) is 19.4. The van der Waals surface area contributed by atoms with E-state index in [0.717, 1.165) is 22.9 Å². The van der Waals surface area contributed by atoms with Crippen LogP contribution in [0.1, 0.15) is 30.5 Å². The van der Waals surface area contributed by atoms with Gasteiger partial charge in [-0.2, -0.15) is 0 Å². The van der Waals surface area contributed by atoms with E-state index in [1.807, 2.05) is 17.5 Å². The Bertz CT molecular complexity index is 803. The third kappa shape index (κ3) is 4.77. The maximum absolute atomic E-state index is 12.0. The van der Waals surface area contributed by atoms with Crippen molar-refractivity contribution in [3.63, 3.8) is 0 Å². The predicted octanol–water partition coefficient (Wildman–Crippen LogP) is 3.50. The van der Waals surface area contributed by atoms with E-state index in [4.69, 9.17) is 0 Å². The molecule has 0 radical (unpaired) electrons. The number of urea groups is 2. The molecular formula is C19H25N5O2S. The van der Waals surface area contributed by atoms with E-state index in [1.165, 1.54) is 0 Å². The molecule has 144 valence electrons. The molecule has 2 aromatic rings. The number of likely N-dealkylation sites (N-methyl/N-ethyl adjacent to an activating group) is 1. The molecule has 1 aliphatic heterocycles. The fourth-order valence-corrected chi connectivity index (χ4v) is 3.66. The molecule has 3 rings (SSSR count). The van der Waals surface area contributed by atoms with Crippen LogP contribution >= 0.6 is 11.3 Å². The van der Waals surface area contributed by atoms with Gasteiger partial charge in [-0.3, -0.25) is 4.90 Å². The van der Waals surface area contributed by atoms with Crippen molar-refractivity contribution in [1.82, 2.24) is 15.2 Å². The Hall–Kier alpha value is -2.61. The molecule has 1 fully saturated rings. The molecule has 1 aliphatic rings. The Kier molecular flexibility index (Phi) is 5.95. The average molecular weight is 388 g/mol. The maximum Gasteiger partial charge on any atom is 0.324 e. The minimum Gasteiger partial charge on any atom is -0.337 e. The smallest absolute Gasteiger partial charge is 0.324 e. The fourth-order valence-electron chi connectivity index (χ4n) is 2.79. The average Bonchev–Trinajstić information content (AvgIpc) is 3.24. The summed E-state index contributed by atoms with van der Waals surface area (Å²) >= 11 is 1.66. The van der Waals surface area contributed by atoms with Crippen molar-refractivity contribution < 1.29 is 9.59 Å². The monoisotopic (exact) mass is 387 g/mol. The lowest BCUT2D eigenvalue weighted by molar-refractivity contribution is 0.229. The second-order valence-corrected chi connectivity index (χ2v) is 7.76. The number of anilines is 2. The van der Waals surface area contributed by atoms with Gasteiger partial charge < -0.3 is 15.5 Å². The highest BCUT2D eigenvalue weighted by Gasteiger charge is 2.26. The Morgan fingerprint density at radius 2 is 2.00 bits per heavy atom. The van der Waals surface area contributed by atoms with Crippen LogP contribution in [0.3, 0.4) is 0 Å². The highest BCUT2D eigenvalue weighted by atomic mass is 32.1. The summed E-state index contributed by atoms with van der Waals surface area (Å²) in [6, 6.07) is 7.03. The standard InChI is InChI=1S/C19H25N5O2S/c1-13(2)17-21-15(12-27-17)8-9-20-18(25)22-14-4-6-16(7-5-14)24-11-10-23(3)19(24)26/h4-7,12-13H,8-11H2,1-3H3,(H2,20,22,25). The van der Waals surface area contributed by atoms with E-state index in [9.17, 15) is 9.59 Å². The number of nitrogens with one attached hydrogen (secondary N) is 2. The molecule has 1 saturated heterocycles. The fraction of sp³-hybridized carbons (Fsp3) is 0.421. The molecule has 0 aliphatic carbocycles. The van der Waals surface area contributed by atoms with Crippen molar-refractivity contribution in [2.24, 2.45) is 0 Å². The first-order valence-corrected chi connectivity index (χ1v) is 9.94. The molecule has 0 bridgehead atoms. The summed E-state index contributed by atoms with van der Waals surface area (Å²) in [5.74, 6) is 0.430. The van der Waals surface area contributed by atoms with Crippen LogP contribution in [-0.4, -0.2) is 48.6 Å². The van der Waals surface area contributed by atoms with E-state index in [-0.39, 0.29) is 12.1 Å². The Labute approximate surface area is 163 Å². The molecule has 4 amide bonds. The zero-order valence-electron chi connectivity index (χ0n) is 15.9. The van der Waals surface area contributed by atoms with E-state index >= 15 is 0 Å². The minimum absolute atomic E-state index is 0.00360. The number of benzene rings is 1. The summed E-state index contributed by atoms with van der Waals surface area (Å²) in [7, 11) is 1.79. The number of thiazole rings is 1. The van der Waals surface area contributed by atoms with Gasteiger partial charge in [-0.1, -0.05) is 13.8 Å². The molecule has 27 heavy (non-hydrogen) atoms. The van der Waals surface area contributed by atoms with Gasteiger partial charge in [0, 0.05) is 55.8 Å². The van der Waals surface area contributed by atoms with Gasteiger partial charge in [-0.25, -0.2) is 14.6 Å². The molecule has 0 spiro atoms. The van der Waals surface area contributed by atoms with Gasteiger partial charge in [-0.15, -0.1) is 11.3 Å². The van der Waals surface area contributed by atoms with Crippen molar-refractivity contribution in [3.8, 4) is 0 Å². The number of carbonyl (C=O) groups is 2. The third-order valence-electron chi connectivity index (χ3n) is 4.38. The summed E-state index contributed by atoms with van der Waals surface area (Å²) in [4.78, 5) is 32.0. The van der Waals surface area contributed by atoms with Crippen LogP contribution in [-0.2, 0) is 6.42 Å². The Morgan fingerprint density at radius 3 is 2.59 bits per heavy atom. The van der Waals surface area contributed by atoms with Gasteiger partial charge in [0.05, 0.1) is 10.7 Å². The van der Waals surface area contributed by atoms with Gasteiger partial charge in [0.1, 0.15) is 0 Å².